The van der Waals surface area contributed by atoms with Crippen LogP contribution in [0.2, 0.25) is 0 Å². The lowest BCUT2D eigenvalue weighted by Crippen LogP contribution is -2.49. The van der Waals surface area contributed by atoms with Crippen molar-refractivity contribution in [3.63, 3.8) is 0 Å². The van der Waals surface area contributed by atoms with E-state index < -0.39 is 0 Å². The van der Waals surface area contributed by atoms with Gasteiger partial charge in [0.1, 0.15) is 19.0 Å². The van der Waals surface area contributed by atoms with E-state index in [1.807, 2.05) is 24.3 Å². The maximum absolute atomic E-state index is 8.65. The summed E-state index contributed by atoms with van der Waals surface area (Å²) in [6.45, 7) is 8.36. The molecular weight excluding hydrogens is 266 g/mol. The molecule has 0 unspecified atom stereocenters. The largest absolute Gasteiger partial charge is 0.492 e. The van der Waals surface area contributed by atoms with E-state index in [0.29, 0.717) is 6.61 Å². The molecule has 1 aliphatic heterocycles. The van der Waals surface area contributed by atoms with Crippen molar-refractivity contribution in [3.8, 4) is 17.6 Å². The molecule has 4 heteroatoms. The molecule has 1 aromatic rings. The summed E-state index contributed by atoms with van der Waals surface area (Å²) in [6, 6.07) is 7.61. The van der Waals surface area contributed by atoms with Crippen molar-refractivity contribution in [2.45, 2.75) is 19.4 Å². The second kappa shape index (κ2) is 7.46. The fourth-order valence-electron chi connectivity index (χ4n) is 2.37. The molecule has 1 fully saturated rings. The average molecular weight is 289 g/mol. The topological polar surface area (TPSA) is 41.9 Å². The second-order valence-corrected chi connectivity index (χ2v) is 5.72. The lowest BCUT2D eigenvalue weighted by molar-refractivity contribution is -0.0875. The zero-order valence-electron chi connectivity index (χ0n) is 12.8. The van der Waals surface area contributed by atoms with Crippen molar-refractivity contribution in [1.82, 2.24) is 4.90 Å². The number of benzene rings is 1. The molecule has 1 aromatic carbocycles. The Morgan fingerprint density at radius 3 is 2.76 bits per heavy atom. The Balaban J connectivity index is 1.75. The van der Waals surface area contributed by atoms with Crippen LogP contribution < -0.4 is 4.74 Å². The first-order valence-corrected chi connectivity index (χ1v) is 7.28. The number of aliphatic hydroxyl groups excluding tert-OH is 1. The van der Waals surface area contributed by atoms with Gasteiger partial charge in [0.05, 0.1) is 12.2 Å². The Hall–Kier alpha value is -1.54. The van der Waals surface area contributed by atoms with Crippen LogP contribution >= 0.6 is 0 Å². The molecule has 1 heterocycles. The van der Waals surface area contributed by atoms with Crippen LogP contribution in [0.25, 0.3) is 0 Å². The quantitative estimate of drug-likeness (QED) is 0.853. The number of ether oxygens (including phenoxy) is 2. The zero-order chi connectivity index (χ0) is 15.1. The van der Waals surface area contributed by atoms with Crippen LogP contribution in [0.15, 0.2) is 24.3 Å². The minimum absolute atomic E-state index is 0.0642. The first-order valence-electron chi connectivity index (χ1n) is 7.28. The minimum Gasteiger partial charge on any atom is -0.492 e. The summed E-state index contributed by atoms with van der Waals surface area (Å²) in [4.78, 5) is 2.37. The summed E-state index contributed by atoms with van der Waals surface area (Å²) < 4.78 is 11.4. The number of morpholine rings is 1. The SMILES string of the molecule is CC1(C)CN(CCOc2ccc(C#CCO)cc2)CCO1. The predicted molar refractivity (Wildman–Crippen MR) is 82.4 cm³/mol. The number of hydrogen-bond donors (Lipinski definition) is 1. The Bertz CT molecular complexity index is 499. The number of hydrogen-bond acceptors (Lipinski definition) is 4. The molecule has 4 nitrogen and oxygen atoms in total. The summed E-state index contributed by atoms with van der Waals surface area (Å²) in [7, 11) is 0. The Labute approximate surface area is 126 Å². The van der Waals surface area contributed by atoms with Crippen molar-refractivity contribution in [2.75, 3.05) is 39.5 Å². The van der Waals surface area contributed by atoms with Gasteiger partial charge in [-0.25, -0.2) is 0 Å². The van der Waals surface area contributed by atoms with Crippen LogP contribution in [-0.2, 0) is 4.74 Å². The number of aliphatic hydroxyl groups is 1. The summed E-state index contributed by atoms with van der Waals surface area (Å²) in [6.07, 6.45) is 0. The van der Waals surface area contributed by atoms with Gasteiger partial charge in [0.2, 0.25) is 0 Å². The van der Waals surface area contributed by atoms with Crippen molar-refractivity contribution in [2.24, 2.45) is 0 Å². The molecule has 0 aromatic heterocycles. The van der Waals surface area contributed by atoms with Gasteiger partial charge >= 0.3 is 0 Å². The minimum atomic E-state index is -0.117. The Morgan fingerprint density at radius 1 is 1.33 bits per heavy atom. The third-order valence-corrected chi connectivity index (χ3v) is 3.35. The van der Waals surface area contributed by atoms with Crippen molar-refractivity contribution < 1.29 is 14.6 Å². The number of nitrogens with zero attached hydrogens (tertiary/aromatic N) is 1. The molecule has 0 atom stereocenters. The Kier molecular flexibility index (Phi) is 5.63. The van der Waals surface area contributed by atoms with Crippen molar-refractivity contribution in [1.29, 1.82) is 0 Å². The normalized spacial score (nSPS) is 17.9. The fourth-order valence-corrected chi connectivity index (χ4v) is 2.37. The van der Waals surface area contributed by atoms with Crippen LogP contribution in [0, 0.1) is 11.8 Å². The summed E-state index contributed by atoms with van der Waals surface area (Å²) in [5.41, 5.74) is 0.817. The van der Waals surface area contributed by atoms with Crippen LogP contribution in [0.5, 0.6) is 5.75 Å². The first-order chi connectivity index (χ1) is 10.1. The molecule has 0 amide bonds. The maximum atomic E-state index is 8.65. The van der Waals surface area contributed by atoms with Gasteiger partial charge in [0, 0.05) is 25.2 Å². The molecule has 0 aliphatic carbocycles. The van der Waals surface area contributed by atoms with Gasteiger partial charge in [-0.3, -0.25) is 4.90 Å². The monoisotopic (exact) mass is 289 g/mol. The molecule has 0 spiro atoms. The molecule has 0 saturated carbocycles. The van der Waals surface area contributed by atoms with Crippen molar-refractivity contribution in [3.05, 3.63) is 29.8 Å². The molecule has 1 saturated heterocycles. The molecular formula is C17H23NO3. The van der Waals surface area contributed by atoms with E-state index in [9.17, 15) is 0 Å². The van der Waals surface area contributed by atoms with Crippen LogP contribution in [0.4, 0.5) is 0 Å². The summed E-state index contributed by atoms with van der Waals surface area (Å²) in [5, 5.41) is 8.65. The zero-order valence-corrected chi connectivity index (χ0v) is 12.8. The lowest BCUT2D eigenvalue weighted by Gasteiger charge is -2.38. The van der Waals surface area contributed by atoms with Gasteiger partial charge in [-0.1, -0.05) is 11.8 Å². The maximum Gasteiger partial charge on any atom is 0.119 e. The summed E-state index contributed by atoms with van der Waals surface area (Å²) in [5.74, 6) is 6.33. The third kappa shape index (κ3) is 5.39. The third-order valence-electron chi connectivity index (χ3n) is 3.35. The highest BCUT2D eigenvalue weighted by molar-refractivity contribution is 5.38. The van der Waals surface area contributed by atoms with E-state index in [1.165, 1.54) is 0 Å². The van der Waals surface area contributed by atoms with E-state index in [2.05, 4.69) is 30.6 Å². The van der Waals surface area contributed by atoms with Crippen molar-refractivity contribution >= 4 is 0 Å². The smallest absolute Gasteiger partial charge is 0.119 e. The highest BCUT2D eigenvalue weighted by Crippen LogP contribution is 2.16. The molecule has 1 aliphatic rings. The first kappa shape index (κ1) is 15.8. The molecule has 2 rings (SSSR count). The van der Waals surface area contributed by atoms with Gasteiger partial charge in [-0.05, 0) is 38.1 Å². The van der Waals surface area contributed by atoms with Gasteiger partial charge in [-0.15, -0.1) is 0 Å². The Morgan fingerprint density at radius 2 is 2.10 bits per heavy atom. The van der Waals surface area contributed by atoms with Gasteiger partial charge in [-0.2, -0.15) is 0 Å². The van der Waals surface area contributed by atoms with Crippen LogP contribution in [0.3, 0.4) is 0 Å². The highest BCUT2D eigenvalue weighted by atomic mass is 16.5. The van der Waals surface area contributed by atoms with E-state index in [4.69, 9.17) is 14.6 Å². The van der Waals surface area contributed by atoms with E-state index in [1.54, 1.807) is 0 Å². The molecule has 0 bridgehead atoms. The average Bonchev–Trinajstić information content (AvgIpc) is 2.45. The van der Waals surface area contributed by atoms with Gasteiger partial charge in [0.25, 0.3) is 0 Å². The van der Waals surface area contributed by atoms with Gasteiger partial charge in [0.15, 0.2) is 0 Å². The molecule has 1 N–H and O–H groups in total. The van der Waals surface area contributed by atoms with E-state index in [-0.39, 0.29) is 12.2 Å². The fraction of sp³-hybridized carbons (Fsp3) is 0.529. The standard InChI is InChI=1S/C17H23NO3/c1-17(2)14-18(10-13-21-17)9-12-20-16-7-5-15(6-8-16)4-3-11-19/h5-8,19H,9-14H2,1-2H3. The van der Waals surface area contributed by atoms with Crippen LogP contribution in [0.1, 0.15) is 19.4 Å². The van der Waals surface area contributed by atoms with Crippen LogP contribution in [-0.4, -0.2) is 55.1 Å². The molecule has 114 valence electrons. The second-order valence-electron chi connectivity index (χ2n) is 5.72. The molecule has 0 radical (unpaired) electrons. The van der Waals surface area contributed by atoms with E-state index in [0.717, 1.165) is 37.6 Å². The van der Waals surface area contributed by atoms with E-state index >= 15 is 0 Å². The predicted octanol–water partition coefficient (Wildman–Crippen LogP) is 1.52. The van der Waals surface area contributed by atoms with Gasteiger partial charge < -0.3 is 14.6 Å². The summed E-state index contributed by atoms with van der Waals surface area (Å²) >= 11 is 0. The number of rotatable bonds is 4. The molecule has 21 heavy (non-hydrogen) atoms. The lowest BCUT2D eigenvalue weighted by atomic mass is 10.1. The highest BCUT2D eigenvalue weighted by Gasteiger charge is 2.26.